The number of hydrogen-bond donors (Lipinski definition) is 1. The first-order valence-corrected chi connectivity index (χ1v) is 5.47. The number of aliphatic carboxylic acids is 1. The summed E-state index contributed by atoms with van der Waals surface area (Å²) in [6.45, 7) is 1.50. The zero-order chi connectivity index (χ0) is 13.7. The van der Waals surface area contributed by atoms with Crippen LogP contribution in [0.15, 0.2) is 18.2 Å². The standard InChI is InChI=1S/C13H16O5/c1-8(13(15)16)6-10(14)9-4-5-11(17-2)12(7-9)18-3/h4-5,7-8H,6H2,1-3H3,(H,15,16)/t8-/m0/s1. The molecule has 1 aromatic rings. The molecule has 0 aliphatic rings. The highest BCUT2D eigenvalue weighted by molar-refractivity contribution is 5.98. The third kappa shape index (κ3) is 3.23. The van der Waals surface area contributed by atoms with Gasteiger partial charge in [0.1, 0.15) is 0 Å². The number of methoxy groups -OCH3 is 2. The molecule has 0 spiro atoms. The highest BCUT2D eigenvalue weighted by Crippen LogP contribution is 2.28. The van der Waals surface area contributed by atoms with Gasteiger partial charge in [0.2, 0.25) is 0 Å². The third-order valence-electron chi connectivity index (χ3n) is 2.62. The lowest BCUT2D eigenvalue weighted by atomic mass is 9.99. The Kier molecular flexibility index (Phi) is 4.71. The summed E-state index contributed by atoms with van der Waals surface area (Å²) in [5, 5.41) is 8.76. The quantitative estimate of drug-likeness (QED) is 0.784. The van der Waals surface area contributed by atoms with E-state index in [0.29, 0.717) is 17.1 Å². The van der Waals surface area contributed by atoms with Crippen LogP contribution in [-0.2, 0) is 4.79 Å². The molecule has 0 bridgehead atoms. The minimum Gasteiger partial charge on any atom is -0.493 e. The van der Waals surface area contributed by atoms with Gasteiger partial charge in [-0.25, -0.2) is 0 Å². The number of rotatable bonds is 6. The van der Waals surface area contributed by atoms with E-state index in [-0.39, 0.29) is 12.2 Å². The second kappa shape index (κ2) is 6.05. The first-order valence-electron chi connectivity index (χ1n) is 5.47. The predicted octanol–water partition coefficient (Wildman–Crippen LogP) is 2.00. The third-order valence-corrected chi connectivity index (χ3v) is 2.62. The second-order valence-electron chi connectivity index (χ2n) is 3.94. The number of carbonyl (C=O) groups is 2. The molecule has 0 saturated carbocycles. The van der Waals surface area contributed by atoms with Crippen molar-refractivity contribution in [2.24, 2.45) is 5.92 Å². The molecule has 0 amide bonds. The van der Waals surface area contributed by atoms with Crippen LogP contribution < -0.4 is 9.47 Å². The average Bonchev–Trinajstić information content (AvgIpc) is 2.37. The molecule has 0 heterocycles. The van der Waals surface area contributed by atoms with Crippen LogP contribution in [0.3, 0.4) is 0 Å². The van der Waals surface area contributed by atoms with Gasteiger partial charge in [-0.3, -0.25) is 9.59 Å². The van der Waals surface area contributed by atoms with Crippen LogP contribution in [0.5, 0.6) is 11.5 Å². The van der Waals surface area contributed by atoms with Gasteiger partial charge in [-0.05, 0) is 18.2 Å². The Morgan fingerprint density at radius 1 is 1.22 bits per heavy atom. The lowest BCUT2D eigenvalue weighted by Gasteiger charge is -2.10. The fourth-order valence-corrected chi connectivity index (χ4v) is 1.49. The molecule has 1 atom stereocenters. The molecular formula is C13H16O5. The van der Waals surface area contributed by atoms with Crippen LogP contribution in [0.4, 0.5) is 0 Å². The van der Waals surface area contributed by atoms with Gasteiger partial charge < -0.3 is 14.6 Å². The Hall–Kier alpha value is -2.04. The van der Waals surface area contributed by atoms with Crippen LogP contribution >= 0.6 is 0 Å². The lowest BCUT2D eigenvalue weighted by molar-refractivity contribution is -0.141. The van der Waals surface area contributed by atoms with Crippen LogP contribution in [0.2, 0.25) is 0 Å². The van der Waals surface area contributed by atoms with E-state index in [1.54, 1.807) is 18.2 Å². The van der Waals surface area contributed by atoms with Crippen LogP contribution in [0, 0.1) is 5.92 Å². The normalized spacial score (nSPS) is 11.7. The summed E-state index contributed by atoms with van der Waals surface area (Å²) >= 11 is 0. The molecule has 1 rings (SSSR count). The summed E-state index contributed by atoms with van der Waals surface area (Å²) < 4.78 is 10.1. The van der Waals surface area contributed by atoms with Gasteiger partial charge in [0.15, 0.2) is 17.3 Å². The van der Waals surface area contributed by atoms with Crippen molar-refractivity contribution in [3.63, 3.8) is 0 Å². The van der Waals surface area contributed by atoms with Crippen LogP contribution in [0.1, 0.15) is 23.7 Å². The fraction of sp³-hybridized carbons (Fsp3) is 0.385. The highest BCUT2D eigenvalue weighted by Gasteiger charge is 2.18. The monoisotopic (exact) mass is 252 g/mol. The van der Waals surface area contributed by atoms with E-state index in [9.17, 15) is 9.59 Å². The minimum absolute atomic E-state index is 0.0369. The Morgan fingerprint density at radius 3 is 2.33 bits per heavy atom. The molecule has 5 nitrogen and oxygen atoms in total. The zero-order valence-corrected chi connectivity index (χ0v) is 10.6. The number of carboxylic acid groups (broad SMARTS) is 1. The van der Waals surface area contributed by atoms with Gasteiger partial charge in [-0.2, -0.15) is 0 Å². The van der Waals surface area contributed by atoms with Gasteiger partial charge in [0, 0.05) is 12.0 Å². The van der Waals surface area contributed by atoms with Crippen LogP contribution in [0.25, 0.3) is 0 Å². The van der Waals surface area contributed by atoms with E-state index in [4.69, 9.17) is 14.6 Å². The van der Waals surface area contributed by atoms with E-state index in [1.807, 2.05) is 0 Å². The van der Waals surface area contributed by atoms with E-state index < -0.39 is 11.9 Å². The first kappa shape index (κ1) is 14.0. The Bertz CT molecular complexity index is 453. The summed E-state index contributed by atoms with van der Waals surface area (Å²) in [7, 11) is 2.98. The summed E-state index contributed by atoms with van der Waals surface area (Å²) in [5.74, 6) is -0.938. The Morgan fingerprint density at radius 2 is 1.83 bits per heavy atom. The van der Waals surface area contributed by atoms with Gasteiger partial charge in [0.05, 0.1) is 20.1 Å². The number of ketones is 1. The summed E-state index contributed by atoms with van der Waals surface area (Å²) in [6, 6.07) is 4.77. The van der Waals surface area contributed by atoms with Gasteiger partial charge >= 0.3 is 5.97 Å². The molecule has 0 saturated heterocycles. The van der Waals surface area contributed by atoms with Crippen molar-refractivity contribution in [3.05, 3.63) is 23.8 Å². The van der Waals surface area contributed by atoms with Gasteiger partial charge in [-0.15, -0.1) is 0 Å². The maximum atomic E-state index is 11.9. The lowest BCUT2D eigenvalue weighted by Crippen LogP contribution is -2.14. The summed E-state index contributed by atoms with van der Waals surface area (Å²) in [4.78, 5) is 22.6. The van der Waals surface area contributed by atoms with Gasteiger partial charge in [0.25, 0.3) is 0 Å². The van der Waals surface area contributed by atoms with Gasteiger partial charge in [-0.1, -0.05) is 6.92 Å². The number of benzene rings is 1. The van der Waals surface area contributed by atoms with Crippen molar-refractivity contribution in [1.29, 1.82) is 0 Å². The van der Waals surface area contributed by atoms with Crippen molar-refractivity contribution in [2.45, 2.75) is 13.3 Å². The first-order chi connectivity index (χ1) is 8.49. The zero-order valence-electron chi connectivity index (χ0n) is 10.6. The molecular weight excluding hydrogens is 236 g/mol. The fourth-order valence-electron chi connectivity index (χ4n) is 1.49. The average molecular weight is 252 g/mol. The molecule has 1 N–H and O–H groups in total. The Labute approximate surface area is 105 Å². The van der Waals surface area contributed by atoms with Crippen molar-refractivity contribution in [3.8, 4) is 11.5 Å². The topological polar surface area (TPSA) is 72.8 Å². The molecule has 0 unspecified atom stereocenters. The molecule has 0 aliphatic heterocycles. The molecule has 98 valence electrons. The molecule has 5 heteroatoms. The van der Waals surface area contributed by atoms with E-state index in [1.165, 1.54) is 21.1 Å². The molecule has 0 radical (unpaired) electrons. The molecule has 1 aromatic carbocycles. The van der Waals surface area contributed by atoms with E-state index in [0.717, 1.165) is 0 Å². The minimum atomic E-state index is -0.983. The van der Waals surface area contributed by atoms with Crippen molar-refractivity contribution >= 4 is 11.8 Å². The van der Waals surface area contributed by atoms with Crippen LogP contribution in [-0.4, -0.2) is 31.1 Å². The van der Waals surface area contributed by atoms with Crippen molar-refractivity contribution < 1.29 is 24.2 Å². The smallest absolute Gasteiger partial charge is 0.306 e. The molecule has 0 fully saturated rings. The molecule has 0 aromatic heterocycles. The maximum absolute atomic E-state index is 11.9. The molecule has 18 heavy (non-hydrogen) atoms. The summed E-state index contributed by atoms with van der Waals surface area (Å²) in [5.41, 5.74) is 0.417. The number of hydrogen-bond acceptors (Lipinski definition) is 4. The summed E-state index contributed by atoms with van der Waals surface area (Å²) in [6.07, 6.45) is -0.0369. The maximum Gasteiger partial charge on any atom is 0.306 e. The molecule has 0 aliphatic carbocycles. The van der Waals surface area contributed by atoms with E-state index in [2.05, 4.69) is 0 Å². The highest BCUT2D eigenvalue weighted by atomic mass is 16.5. The van der Waals surface area contributed by atoms with Crippen molar-refractivity contribution in [1.82, 2.24) is 0 Å². The number of carboxylic acids is 1. The Balaban J connectivity index is 2.90. The second-order valence-corrected chi connectivity index (χ2v) is 3.94. The largest absolute Gasteiger partial charge is 0.493 e. The van der Waals surface area contributed by atoms with Crippen molar-refractivity contribution in [2.75, 3.05) is 14.2 Å². The number of carbonyl (C=O) groups excluding carboxylic acids is 1. The number of ether oxygens (including phenoxy) is 2. The predicted molar refractivity (Wildman–Crippen MR) is 65.3 cm³/mol. The number of Topliss-reactive ketones (excluding diaryl/α,β-unsaturated/α-hetero) is 1. The van der Waals surface area contributed by atoms with E-state index >= 15 is 0 Å². The SMILES string of the molecule is COc1ccc(C(=O)C[C@H](C)C(=O)O)cc1OC.